The molecule has 1 aliphatic heterocycles. The largest absolute Gasteiger partial charge is 0.281 e. The van der Waals surface area contributed by atoms with Crippen LogP contribution < -0.4 is 0 Å². The summed E-state index contributed by atoms with van der Waals surface area (Å²) in [5.41, 5.74) is 0. The first-order chi connectivity index (χ1) is 2.63. The van der Waals surface area contributed by atoms with Crippen LogP contribution in [-0.4, -0.2) is 19.3 Å². The van der Waals surface area contributed by atoms with E-state index in [4.69, 9.17) is 0 Å². The lowest BCUT2D eigenvalue weighted by Crippen LogP contribution is -1.68. The zero-order valence-electron chi connectivity index (χ0n) is 2.84. The van der Waals surface area contributed by atoms with Gasteiger partial charge in [-0.05, 0) is 0 Å². The van der Waals surface area contributed by atoms with E-state index in [1.807, 2.05) is 0 Å². The molecule has 0 unspecified atom stereocenters. The van der Waals surface area contributed by atoms with Gasteiger partial charge in [-0.15, -0.1) is 0 Å². The monoisotopic (exact) mass is 106 g/mol. The molecule has 0 N–H and O–H groups in total. The van der Waals surface area contributed by atoms with E-state index in [1.54, 1.807) is 0 Å². The Kier molecular flexibility index (Phi) is 0.414. The lowest BCUT2D eigenvalue weighted by Gasteiger charge is -1.44. The molecule has 6 heavy (non-hydrogen) atoms. The summed E-state index contributed by atoms with van der Waals surface area (Å²) in [5.74, 6) is -0.229. The fourth-order valence-corrected chi connectivity index (χ4v) is 0.666. The maximum absolute atomic E-state index is 9.72. The Morgan fingerprint density at radius 1 is 1.50 bits per heavy atom. The van der Waals surface area contributed by atoms with Gasteiger partial charge in [-0.25, -0.2) is 8.42 Å². The van der Waals surface area contributed by atoms with E-state index in [-0.39, 0.29) is 5.75 Å². The van der Waals surface area contributed by atoms with Crippen LogP contribution in [0.1, 0.15) is 0 Å². The van der Waals surface area contributed by atoms with Gasteiger partial charge in [0.25, 0.3) is 5.12 Å². The van der Waals surface area contributed by atoms with Crippen molar-refractivity contribution in [1.29, 1.82) is 0 Å². The summed E-state index contributed by atoms with van der Waals surface area (Å²) in [4.78, 5) is 9.62. The van der Waals surface area contributed by atoms with Gasteiger partial charge < -0.3 is 0 Å². The summed E-state index contributed by atoms with van der Waals surface area (Å²) in [6.07, 6.45) is 0. The Morgan fingerprint density at radius 3 is 1.67 bits per heavy atom. The summed E-state index contributed by atoms with van der Waals surface area (Å²) >= 11 is 0. The van der Waals surface area contributed by atoms with Crippen LogP contribution >= 0.6 is 0 Å². The third kappa shape index (κ3) is 0.334. The summed E-state index contributed by atoms with van der Waals surface area (Å²) in [7, 11) is -3.13. The van der Waals surface area contributed by atoms with Crippen LogP contribution in [-0.2, 0) is 14.6 Å². The van der Waals surface area contributed by atoms with E-state index >= 15 is 0 Å². The highest BCUT2D eigenvalue weighted by molar-refractivity contribution is 8.17. The van der Waals surface area contributed by atoms with E-state index in [1.165, 1.54) is 0 Å². The number of hydrogen-bond donors (Lipinski definition) is 0. The second kappa shape index (κ2) is 0.654. The zero-order chi connectivity index (χ0) is 4.78. The number of carbonyl (C=O) groups is 1. The van der Waals surface area contributed by atoms with Crippen LogP contribution in [0.3, 0.4) is 0 Å². The maximum atomic E-state index is 9.72. The molecule has 0 aliphatic carbocycles. The molecule has 1 heterocycles. The number of sulfone groups is 1. The van der Waals surface area contributed by atoms with E-state index in [0.717, 1.165) is 0 Å². The van der Waals surface area contributed by atoms with Gasteiger partial charge in [0, 0.05) is 0 Å². The fourth-order valence-electron chi connectivity index (χ4n) is 0.126. The molecule has 0 aromatic carbocycles. The van der Waals surface area contributed by atoms with Gasteiger partial charge in [-0.2, -0.15) is 0 Å². The smallest absolute Gasteiger partial charge is 0.262 e. The maximum Gasteiger partial charge on any atom is 0.262 e. The van der Waals surface area contributed by atoms with E-state index < -0.39 is 15.0 Å². The minimum atomic E-state index is -3.13. The standard InChI is InChI=1S/C2H2O3S/c3-2-1-6(2,4)5/h1H2. The number of rotatable bonds is 0. The van der Waals surface area contributed by atoms with Gasteiger partial charge in [-0.1, -0.05) is 0 Å². The molecule has 1 rings (SSSR count). The molecular formula is C2H2O3S. The molecule has 0 amide bonds. The summed E-state index contributed by atoms with van der Waals surface area (Å²) < 4.78 is 19.4. The molecule has 0 saturated carbocycles. The Balaban J connectivity index is 3.24. The van der Waals surface area contributed by atoms with Crippen LogP contribution in [0.2, 0.25) is 0 Å². The van der Waals surface area contributed by atoms with Crippen LogP contribution in [0.4, 0.5) is 0 Å². The Morgan fingerprint density at radius 2 is 1.67 bits per heavy atom. The Labute approximate surface area is 34.9 Å². The predicted molar refractivity (Wildman–Crippen MR) is 18.8 cm³/mol. The van der Waals surface area contributed by atoms with Crippen molar-refractivity contribution in [2.24, 2.45) is 0 Å². The van der Waals surface area contributed by atoms with E-state index in [2.05, 4.69) is 0 Å². The van der Waals surface area contributed by atoms with Gasteiger partial charge in [0.1, 0.15) is 5.75 Å². The van der Waals surface area contributed by atoms with Gasteiger partial charge in [-0.3, -0.25) is 4.79 Å². The highest BCUT2D eigenvalue weighted by Gasteiger charge is 2.41. The van der Waals surface area contributed by atoms with Crippen molar-refractivity contribution < 1.29 is 13.2 Å². The van der Waals surface area contributed by atoms with Crippen molar-refractivity contribution in [3.05, 3.63) is 0 Å². The van der Waals surface area contributed by atoms with Crippen LogP contribution in [0, 0.1) is 0 Å². The zero-order valence-corrected chi connectivity index (χ0v) is 3.66. The minimum absolute atomic E-state index is 0.229. The third-order valence-electron chi connectivity index (χ3n) is 0.566. The molecular weight excluding hydrogens is 104 g/mol. The Bertz CT molecular complexity index is 175. The van der Waals surface area contributed by atoms with Crippen LogP contribution in [0.25, 0.3) is 0 Å². The van der Waals surface area contributed by atoms with Gasteiger partial charge >= 0.3 is 0 Å². The molecule has 0 atom stereocenters. The predicted octanol–water partition coefficient (Wildman–Crippen LogP) is -1.06. The molecule has 3 nitrogen and oxygen atoms in total. The molecule has 1 aliphatic rings. The first-order valence-corrected chi connectivity index (χ1v) is 3.04. The van der Waals surface area contributed by atoms with Crippen molar-refractivity contribution in [2.45, 2.75) is 0 Å². The molecule has 4 heteroatoms. The third-order valence-corrected chi connectivity index (χ3v) is 1.70. The lowest BCUT2D eigenvalue weighted by molar-refractivity contribution is -0.106. The second-order valence-corrected chi connectivity index (χ2v) is 3.10. The summed E-state index contributed by atoms with van der Waals surface area (Å²) in [6, 6.07) is 0. The average molecular weight is 106 g/mol. The van der Waals surface area contributed by atoms with Gasteiger partial charge in [0.15, 0.2) is 0 Å². The van der Waals surface area contributed by atoms with Gasteiger partial charge in [0.2, 0.25) is 9.84 Å². The van der Waals surface area contributed by atoms with Crippen molar-refractivity contribution in [3.63, 3.8) is 0 Å². The number of hydrogen-bond acceptors (Lipinski definition) is 3. The van der Waals surface area contributed by atoms with Crippen molar-refractivity contribution in [1.82, 2.24) is 0 Å². The summed E-state index contributed by atoms with van der Waals surface area (Å²) in [6.45, 7) is 0. The molecule has 0 radical (unpaired) electrons. The first kappa shape index (κ1) is 3.80. The highest BCUT2D eigenvalue weighted by atomic mass is 32.2. The first-order valence-electron chi connectivity index (χ1n) is 1.38. The molecule has 0 aromatic rings. The normalized spacial score (nSPS) is 27.0. The van der Waals surface area contributed by atoms with Crippen LogP contribution in [0.5, 0.6) is 0 Å². The topological polar surface area (TPSA) is 51.2 Å². The minimum Gasteiger partial charge on any atom is -0.281 e. The summed E-state index contributed by atoms with van der Waals surface area (Å²) in [5, 5.41) is -0.623. The SMILES string of the molecule is O=C1CS1(=O)=O. The molecule has 1 saturated heterocycles. The van der Waals surface area contributed by atoms with Crippen LogP contribution in [0.15, 0.2) is 0 Å². The van der Waals surface area contributed by atoms with E-state index in [9.17, 15) is 13.2 Å². The second-order valence-electron chi connectivity index (χ2n) is 1.13. The quantitative estimate of drug-likeness (QED) is 0.370. The molecule has 0 aromatic heterocycles. The van der Waals surface area contributed by atoms with E-state index in [0.29, 0.717) is 0 Å². The van der Waals surface area contributed by atoms with Crippen molar-refractivity contribution >= 4 is 15.0 Å². The highest BCUT2D eigenvalue weighted by Crippen LogP contribution is 2.08. The number of carbonyl (C=O) groups excluding carboxylic acids is 1. The fraction of sp³-hybridized carbons (Fsp3) is 0.500. The molecule has 34 valence electrons. The molecule has 0 spiro atoms. The Hall–Kier alpha value is -0.380. The van der Waals surface area contributed by atoms with Gasteiger partial charge in [0.05, 0.1) is 0 Å². The molecule has 0 bridgehead atoms. The average Bonchev–Trinajstić information content (AvgIpc) is 1.73. The van der Waals surface area contributed by atoms with Crippen molar-refractivity contribution in [3.8, 4) is 0 Å². The lowest BCUT2D eigenvalue weighted by atomic mass is 11.0. The molecule has 1 fully saturated rings. The van der Waals surface area contributed by atoms with Crippen molar-refractivity contribution in [2.75, 3.05) is 5.75 Å².